The van der Waals surface area contributed by atoms with Gasteiger partial charge in [0.2, 0.25) is 0 Å². The Bertz CT molecular complexity index is 531. The molecule has 1 heterocycles. The normalized spacial score (nSPS) is 11.9. The van der Waals surface area contributed by atoms with Crippen LogP contribution in [-0.2, 0) is 6.42 Å². The van der Waals surface area contributed by atoms with E-state index in [1.54, 1.807) is 32.8 Å². The first-order valence-corrected chi connectivity index (χ1v) is 5.89. The first-order valence-electron chi connectivity index (χ1n) is 5.89. The molecule has 1 unspecified atom stereocenters. The fraction of sp³-hybridized carbons (Fsp3) is 0.286. The third-order valence-corrected chi connectivity index (χ3v) is 2.80. The summed E-state index contributed by atoms with van der Waals surface area (Å²) in [6, 6.07) is 5.55. The number of aliphatic hydroxyl groups is 1. The van der Waals surface area contributed by atoms with E-state index >= 15 is 0 Å². The minimum atomic E-state index is -0.688. The van der Waals surface area contributed by atoms with Gasteiger partial charge in [0, 0.05) is 18.8 Å². The van der Waals surface area contributed by atoms with Crippen molar-refractivity contribution in [2.45, 2.75) is 12.5 Å². The van der Waals surface area contributed by atoms with E-state index in [0.717, 1.165) is 5.56 Å². The fourth-order valence-electron chi connectivity index (χ4n) is 1.82. The highest BCUT2D eigenvalue weighted by Gasteiger charge is 2.12. The Balaban J connectivity index is 2.15. The van der Waals surface area contributed by atoms with E-state index in [1.807, 2.05) is 18.2 Å². The molecule has 5 heteroatoms. The number of aromatic nitrogens is 2. The van der Waals surface area contributed by atoms with Crippen molar-refractivity contribution in [3.05, 3.63) is 48.0 Å². The second-order valence-corrected chi connectivity index (χ2v) is 4.04. The maximum Gasteiger partial charge on any atom is 0.160 e. The van der Waals surface area contributed by atoms with Crippen LogP contribution in [0.3, 0.4) is 0 Å². The molecule has 5 nitrogen and oxygen atoms in total. The molecule has 0 aliphatic carbocycles. The Labute approximate surface area is 111 Å². The van der Waals surface area contributed by atoms with E-state index in [0.29, 0.717) is 23.6 Å². The predicted octanol–water partition coefficient (Wildman–Crippen LogP) is 1.77. The fourth-order valence-corrected chi connectivity index (χ4v) is 1.82. The monoisotopic (exact) mass is 260 g/mol. The van der Waals surface area contributed by atoms with Crippen molar-refractivity contribution in [3.63, 3.8) is 0 Å². The van der Waals surface area contributed by atoms with Gasteiger partial charge in [0.15, 0.2) is 11.5 Å². The molecule has 0 fully saturated rings. The van der Waals surface area contributed by atoms with Crippen LogP contribution in [0.1, 0.15) is 17.4 Å². The van der Waals surface area contributed by atoms with Crippen molar-refractivity contribution in [2.24, 2.45) is 0 Å². The third kappa shape index (κ3) is 3.20. The molecule has 0 saturated heterocycles. The van der Waals surface area contributed by atoms with Gasteiger partial charge in [-0.3, -0.25) is 9.97 Å². The second kappa shape index (κ2) is 6.15. The van der Waals surface area contributed by atoms with E-state index in [9.17, 15) is 5.11 Å². The van der Waals surface area contributed by atoms with Crippen molar-refractivity contribution in [2.75, 3.05) is 14.2 Å². The van der Waals surface area contributed by atoms with E-state index in [1.165, 1.54) is 0 Å². The average molecular weight is 260 g/mol. The average Bonchev–Trinajstić information content (AvgIpc) is 2.48. The van der Waals surface area contributed by atoms with Gasteiger partial charge in [0.05, 0.1) is 26.1 Å². The molecule has 0 amide bonds. The molecule has 1 aromatic heterocycles. The molecule has 1 N–H and O–H groups in total. The van der Waals surface area contributed by atoms with Crippen molar-refractivity contribution in [1.29, 1.82) is 0 Å². The number of benzene rings is 1. The number of methoxy groups -OCH3 is 2. The van der Waals surface area contributed by atoms with Crippen LogP contribution in [0, 0.1) is 0 Å². The SMILES string of the molecule is COc1ccc(CC(O)c2cnccn2)cc1OC. The summed E-state index contributed by atoms with van der Waals surface area (Å²) in [5.41, 5.74) is 1.49. The zero-order chi connectivity index (χ0) is 13.7. The molecule has 0 aliphatic heterocycles. The minimum absolute atomic E-state index is 0.443. The standard InChI is InChI=1S/C14H16N2O3/c1-18-13-4-3-10(8-14(13)19-2)7-12(17)11-9-15-5-6-16-11/h3-6,8-9,12,17H,7H2,1-2H3. The van der Waals surface area contributed by atoms with Gasteiger partial charge in [-0.15, -0.1) is 0 Å². The summed E-state index contributed by atoms with van der Waals surface area (Å²) in [5.74, 6) is 1.31. The van der Waals surface area contributed by atoms with Crippen molar-refractivity contribution in [1.82, 2.24) is 9.97 Å². The highest BCUT2D eigenvalue weighted by molar-refractivity contribution is 5.43. The molecule has 0 radical (unpaired) electrons. The summed E-state index contributed by atoms with van der Waals surface area (Å²) in [6.45, 7) is 0. The molecule has 100 valence electrons. The van der Waals surface area contributed by atoms with Gasteiger partial charge < -0.3 is 14.6 Å². The Hall–Kier alpha value is -2.14. The minimum Gasteiger partial charge on any atom is -0.493 e. The van der Waals surface area contributed by atoms with Crippen LogP contribution in [-0.4, -0.2) is 29.3 Å². The summed E-state index contributed by atoms with van der Waals surface area (Å²) >= 11 is 0. The molecule has 2 rings (SSSR count). The lowest BCUT2D eigenvalue weighted by Crippen LogP contribution is -2.04. The van der Waals surface area contributed by atoms with Gasteiger partial charge >= 0.3 is 0 Å². The number of hydrogen-bond acceptors (Lipinski definition) is 5. The number of rotatable bonds is 5. The molecule has 0 saturated carbocycles. The second-order valence-electron chi connectivity index (χ2n) is 4.04. The first kappa shape index (κ1) is 13.3. The topological polar surface area (TPSA) is 64.5 Å². The Kier molecular flexibility index (Phi) is 4.30. The maximum absolute atomic E-state index is 10.1. The molecule has 0 spiro atoms. The Morgan fingerprint density at radius 3 is 2.58 bits per heavy atom. The van der Waals surface area contributed by atoms with Crippen LogP contribution in [0.5, 0.6) is 11.5 Å². The summed E-state index contributed by atoms with van der Waals surface area (Å²) in [7, 11) is 3.17. The summed E-state index contributed by atoms with van der Waals surface area (Å²) in [6.07, 6.45) is 4.45. The van der Waals surface area contributed by atoms with Crippen LogP contribution in [0.15, 0.2) is 36.8 Å². The van der Waals surface area contributed by atoms with Gasteiger partial charge in [-0.05, 0) is 17.7 Å². The van der Waals surface area contributed by atoms with Crippen LogP contribution in [0.2, 0.25) is 0 Å². The summed E-state index contributed by atoms with van der Waals surface area (Å²) in [5, 5.41) is 10.1. The van der Waals surface area contributed by atoms with Gasteiger partial charge in [-0.25, -0.2) is 0 Å². The van der Waals surface area contributed by atoms with Gasteiger partial charge in [0.1, 0.15) is 6.10 Å². The largest absolute Gasteiger partial charge is 0.493 e. The number of nitrogens with zero attached hydrogens (tertiary/aromatic N) is 2. The third-order valence-electron chi connectivity index (χ3n) is 2.80. The zero-order valence-electron chi connectivity index (χ0n) is 10.9. The van der Waals surface area contributed by atoms with Crippen LogP contribution < -0.4 is 9.47 Å². The van der Waals surface area contributed by atoms with E-state index in [4.69, 9.17) is 9.47 Å². The van der Waals surface area contributed by atoms with Gasteiger partial charge in [0.25, 0.3) is 0 Å². The molecule has 2 aromatic rings. The van der Waals surface area contributed by atoms with Crippen molar-refractivity contribution >= 4 is 0 Å². The Morgan fingerprint density at radius 1 is 1.16 bits per heavy atom. The van der Waals surface area contributed by atoms with E-state index < -0.39 is 6.10 Å². The maximum atomic E-state index is 10.1. The first-order chi connectivity index (χ1) is 9.24. The lowest BCUT2D eigenvalue weighted by Gasteiger charge is -2.12. The number of aliphatic hydroxyl groups excluding tert-OH is 1. The van der Waals surface area contributed by atoms with Gasteiger partial charge in [-0.1, -0.05) is 6.07 Å². The van der Waals surface area contributed by atoms with Gasteiger partial charge in [-0.2, -0.15) is 0 Å². The number of hydrogen-bond donors (Lipinski definition) is 1. The molecular formula is C14H16N2O3. The summed E-state index contributed by atoms with van der Waals surface area (Å²) in [4.78, 5) is 8.02. The summed E-state index contributed by atoms with van der Waals surface area (Å²) < 4.78 is 10.4. The lowest BCUT2D eigenvalue weighted by atomic mass is 10.1. The zero-order valence-corrected chi connectivity index (χ0v) is 10.9. The molecule has 1 aromatic carbocycles. The highest BCUT2D eigenvalue weighted by Crippen LogP contribution is 2.29. The molecule has 0 aliphatic rings. The molecular weight excluding hydrogens is 244 g/mol. The van der Waals surface area contributed by atoms with E-state index in [-0.39, 0.29) is 0 Å². The molecule has 1 atom stereocenters. The van der Waals surface area contributed by atoms with Crippen molar-refractivity contribution in [3.8, 4) is 11.5 Å². The predicted molar refractivity (Wildman–Crippen MR) is 70.2 cm³/mol. The van der Waals surface area contributed by atoms with Crippen LogP contribution >= 0.6 is 0 Å². The highest BCUT2D eigenvalue weighted by atomic mass is 16.5. The van der Waals surface area contributed by atoms with Crippen LogP contribution in [0.4, 0.5) is 0 Å². The smallest absolute Gasteiger partial charge is 0.160 e. The molecule has 0 bridgehead atoms. The van der Waals surface area contributed by atoms with Crippen molar-refractivity contribution < 1.29 is 14.6 Å². The number of ether oxygens (including phenoxy) is 2. The van der Waals surface area contributed by atoms with Crippen LogP contribution in [0.25, 0.3) is 0 Å². The Morgan fingerprint density at radius 2 is 1.95 bits per heavy atom. The lowest BCUT2D eigenvalue weighted by molar-refractivity contribution is 0.173. The quantitative estimate of drug-likeness (QED) is 0.887. The van der Waals surface area contributed by atoms with E-state index in [2.05, 4.69) is 9.97 Å². The molecule has 19 heavy (non-hydrogen) atoms.